The molecular formula is C17H13BrN2O7. The topological polar surface area (TPSA) is 152 Å². The molecule has 0 saturated heterocycles. The molecule has 0 saturated carbocycles. The van der Waals surface area contributed by atoms with Crippen LogP contribution in [0.4, 0.5) is 5.82 Å². The lowest BCUT2D eigenvalue weighted by Gasteiger charge is -2.16. The van der Waals surface area contributed by atoms with Crippen molar-refractivity contribution in [2.75, 3.05) is 19.5 Å². The van der Waals surface area contributed by atoms with Crippen LogP contribution in [0.3, 0.4) is 0 Å². The number of H-pyrrole nitrogens is 1. The Kier molecular flexibility index (Phi) is 5.77. The van der Waals surface area contributed by atoms with Crippen LogP contribution < -0.4 is 20.8 Å². The van der Waals surface area contributed by atoms with Crippen LogP contribution in [-0.4, -0.2) is 40.9 Å². The molecule has 0 radical (unpaired) electrons. The second-order valence-corrected chi connectivity index (χ2v) is 5.93. The first-order valence-corrected chi connectivity index (χ1v) is 7.98. The number of nitrogen functional groups attached to an aromatic ring is 1. The van der Waals surface area contributed by atoms with Crippen LogP contribution >= 0.6 is 15.9 Å². The number of carbonyl (C=O) groups is 2. The van der Waals surface area contributed by atoms with Gasteiger partial charge in [0.1, 0.15) is 23.6 Å². The van der Waals surface area contributed by atoms with Crippen molar-refractivity contribution < 1.29 is 29.3 Å². The van der Waals surface area contributed by atoms with E-state index in [9.17, 15) is 24.6 Å². The van der Waals surface area contributed by atoms with Crippen molar-refractivity contribution in [1.29, 1.82) is 0 Å². The molecule has 9 nitrogen and oxygen atoms in total. The normalized spacial score (nSPS) is 10.1. The molecule has 0 atom stereocenters. The summed E-state index contributed by atoms with van der Waals surface area (Å²) in [5.41, 5.74) is 2.93. The summed E-state index contributed by atoms with van der Waals surface area (Å²) < 4.78 is 10.8. The summed E-state index contributed by atoms with van der Waals surface area (Å²) >= 11 is 3.23. The van der Waals surface area contributed by atoms with Crippen LogP contribution in [0.5, 0.6) is 11.5 Å². The Morgan fingerprint density at radius 2 is 1.89 bits per heavy atom. The average Bonchev–Trinajstić information content (AvgIpc) is 2.58. The summed E-state index contributed by atoms with van der Waals surface area (Å²) in [5.74, 6) is -0.945. The van der Waals surface area contributed by atoms with Gasteiger partial charge in [-0.3, -0.25) is 4.79 Å². The van der Waals surface area contributed by atoms with Crippen LogP contribution in [0, 0.1) is 12.3 Å². The fraction of sp³-hybridized carbons (Fsp3) is 0.118. The molecule has 0 unspecified atom stereocenters. The van der Waals surface area contributed by atoms with Gasteiger partial charge >= 0.3 is 11.9 Å². The molecule has 0 aliphatic heterocycles. The summed E-state index contributed by atoms with van der Waals surface area (Å²) in [5, 5.41) is 19.0. The summed E-state index contributed by atoms with van der Waals surface area (Å²) in [4.78, 5) is 37.5. The molecule has 10 heteroatoms. The van der Waals surface area contributed by atoms with Crippen molar-refractivity contribution in [2.45, 2.75) is 0 Å². The maximum absolute atomic E-state index is 12.1. The van der Waals surface area contributed by atoms with E-state index in [-0.39, 0.29) is 33.7 Å². The van der Waals surface area contributed by atoms with Crippen LogP contribution in [0.1, 0.15) is 20.7 Å². The van der Waals surface area contributed by atoms with Crippen molar-refractivity contribution in [2.24, 2.45) is 0 Å². The number of carboxylic acid groups (broad SMARTS) is 2. The van der Waals surface area contributed by atoms with Crippen LogP contribution in [0.25, 0.3) is 11.1 Å². The van der Waals surface area contributed by atoms with Gasteiger partial charge in [-0.25, -0.2) is 9.59 Å². The number of methoxy groups -OCH3 is 1. The van der Waals surface area contributed by atoms with Crippen LogP contribution in [0.2, 0.25) is 0 Å². The number of aromatic carboxylic acids is 2. The maximum atomic E-state index is 12.1. The van der Waals surface area contributed by atoms with E-state index >= 15 is 0 Å². The first-order valence-electron chi connectivity index (χ1n) is 7.19. The summed E-state index contributed by atoms with van der Waals surface area (Å²) in [6, 6.07) is 2.74. The average molecular weight is 437 g/mol. The number of ether oxygens (including phenoxy) is 2. The van der Waals surface area contributed by atoms with Crippen molar-refractivity contribution in [1.82, 2.24) is 4.98 Å². The number of hydrogen-bond acceptors (Lipinski definition) is 6. The third-order valence-corrected chi connectivity index (χ3v) is 4.16. The Hall–Kier alpha value is -3.45. The second-order valence-electron chi connectivity index (χ2n) is 5.08. The summed E-state index contributed by atoms with van der Waals surface area (Å²) in [6.45, 7) is -0.0547. The third-order valence-electron chi connectivity index (χ3n) is 3.51. The standard InChI is InChI=1S/C17H13BrN2O7/c1-3-4-27-10-6-8(18)7(5-9(10)26-2)11-12(16(22)23)14(19)20-15(21)13(11)17(24)25/h1,5-6H,4H2,2H3,(H,22,23)(H,24,25)(H3,19,20,21). The molecule has 1 aromatic carbocycles. The zero-order valence-corrected chi connectivity index (χ0v) is 15.4. The summed E-state index contributed by atoms with van der Waals surface area (Å²) in [6.07, 6.45) is 5.16. The first kappa shape index (κ1) is 19.9. The smallest absolute Gasteiger partial charge is 0.342 e. The van der Waals surface area contributed by atoms with Gasteiger partial charge in [-0.1, -0.05) is 21.9 Å². The first-order chi connectivity index (χ1) is 12.7. The van der Waals surface area contributed by atoms with Gasteiger partial charge < -0.3 is 30.4 Å². The molecule has 0 amide bonds. The van der Waals surface area contributed by atoms with E-state index in [4.69, 9.17) is 21.6 Å². The Morgan fingerprint density at radius 1 is 1.26 bits per heavy atom. The zero-order valence-electron chi connectivity index (χ0n) is 13.8. The number of aromatic amines is 1. The number of terminal acetylenes is 1. The minimum atomic E-state index is -1.62. The largest absolute Gasteiger partial charge is 0.493 e. The molecule has 2 rings (SSSR count). The van der Waals surface area contributed by atoms with E-state index in [2.05, 4.69) is 21.9 Å². The Labute approximate surface area is 160 Å². The van der Waals surface area contributed by atoms with Crippen molar-refractivity contribution in [3.8, 4) is 35.0 Å². The number of pyridine rings is 1. The fourth-order valence-electron chi connectivity index (χ4n) is 2.43. The lowest BCUT2D eigenvalue weighted by atomic mass is 9.95. The number of benzene rings is 1. The molecule has 0 aliphatic rings. The zero-order chi connectivity index (χ0) is 20.3. The molecule has 1 heterocycles. The predicted octanol–water partition coefficient (Wildman–Crippen LogP) is 1.80. The maximum Gasteiger partial charge on any atom is 0.342 e. The Bertz CT molecular complexity index is 1040. The predicted molar refractivity (Wildman–Crippen MR) is 99.4 cm³/mol. The van der Waals surface area contributed by atoms with Gasteiger partial charge in [0, 0.05) is 15.6 Å². The van der Waals surface area contributed by atoms with E-state index in [1.807, 2.05) is 4.98 Å². The number of nitrogens with one attached hydrogen (secondary N) is 1. The molecule has 1 aromatic heterocycles. The SMILES string of the molecule is C#CCOc1cc(Br)c(-c2c(C(=O)O)c(N)[nH]c(=O)c2C(=O)O)cc1OC. The molecule has 0 fully saturated rings. The summed E-state index contributed by atoms with van der Waals surface area (Å²) in [7, 11) is 1.33. The highest BCUT2D eigenvalue weighted by Crippen LogP contribution is 2.41. The van der Waals surface area contributed by atoms with Crippen molar-refractivity contribution >= 4 is 33.7 Å². The van der Waals surface area contributed by atoms with Crippen molar-refractivity contribution in [3.63, 3.8) is 0 Å². The van der Waals surface area contributed by atoms with E-state index in [0.29, 0.717) is 0 Å². The number of nitrogens with two attached hydrogens (primary N) is 1. The van der Waals surface area contributed by atoms with E-state index in [1.165, 1.54) is 19.2 Å². The monoisotopic (exact) mass is 436 g/mol. The van der Waals surface area contributed by atoms with Crippen molar-refractivity contribution in [3.05, 3.63) is 38.1 Å². The van der Waals surface area contributed by atoms with E-state index < -0.39 is 34.4 Å². The van der Waals surface area contributed by atoms with Gasteiger partial charge in [0.2, 0.25) is 0 Å². The lowest BCUT2D eigenvalue weighted by molar-refractivity contribution is 0.0695. The van der Waals surface area contributed by atoms with Crippen LogP contribution in [0.15, 0.2) is 21.4 Å². The highest BCUT2D eigenvalue weighted by atomic mass is 79.9. The van der Waals surface area contributed by atoms with Crippen LogP contribution in [-0.2, 0) is 0 Å². The fourth-order valence-corrected chi connectivity index (χ4v) is 2.96. The Morgan fingerprint density at radius 3 is 2.41 bits per heavy atom. The van der Waals surface area contributed by atoms with E-state index in [1.54, 1.807) is 0 Å². The Balaban J connectivity index is 2.93. The van der Waals surface area contributed by atoms with E-state index in [0.717, 1.165) is 0 Å². The quantitative estimate of drug-likeness (QED) is 0.500. The van der Waals surface area contributed by atoms with Gasteiger partial charge in [-0.05, 0) is 12.1 Å². The van der Waals surface area contributed by atoms with Gasteiger partial charge in [0.15, 0.2) is 11.5 Å². The number of rotatable bonds is 6. The molecule has 2 aromatic rings. The highest BCUT2D eigenvalue weighted by molar-refractivity contribution is 9.10. The number of anilines is 1. The molecular weight excluding hydrogens is 424 g/mol. The molecule has 140 valence electrons. The minimum absolute atomic E-state index is 0.0547. The van der Waals surface area contributed by atoms with Gasteiger partial charge in [-0.15, -0.1) is 6.42 Å². The third kappa shape index (κ3) is 3.73. The molecule has 0 spiro atoms. The van der Waals surface area contributed by atoms with Gasteiger partial charge in [0.05, 0.1) is 7.11 Å². The number of halogens is 1. The molecule has 0 aliphatic carbocycles. The lowest BCUT2D eigenvalue weighted by Crippen LogP contribution is -2.24. The number of hydrogen-bond donors (Lipinski definition) is 4. The van der Waals surface area contributed by atoms with Gasteiger partial charge in [0.25, 0.3) is 5.56 Å². The minimum Gasteiger partial charge on any atom is -0.493 e. The van der Waals surface area contributed by atoms with Gasteiger partial charge in [-0.2, -0.15) is 0 Å². The number of carboxylic acids is 2. The molecule has 27 heavy (non-hydrogen) atoms. The molecule has 5 N–H and O–H groups in total. The number of aromatic nitrogens is 1. The molecule has 0 bridgehead atoms. The second kappa shape index (κ2) is 7.84. The highest BCUT2D eigenvalue weighted by Gasteiger charge is 2.28.